The zero-order valence-electron chi connectivity index (χ0n) is 22.0. The van der Waals surface area contributed by atoms with Crippen molar-refractivity contribution in [2.45, 2.75) is 19.9 Å². The SMILES string of the molecule is CCOc1cc(C2C(C(=O)c3sc(-c4ccccc4)nc3C)=C(O)C(=O)N2c2ccc(C#N)cc2)ccc1OC. The first kappa shape index (κ1) is 26.7. The Kier molecular flexibility index (Phi) is 7.36. The maximum absolute atomic E-state index is 14.1. The van der Waals surface area contributed by atoms with E-state index in [1.165, 1.54) is 23.3 Å². The van der Waals surface area contributed by atoms with Crippen molar-refractivity contribution in [3.05, 3.63) is 106 Å². The minimum atomic E-state index is -0.972. The van der Waals surface area contributed by atoms with Gasteiger partial charge >= 0.3 is 0 Å². The van der Waals surface area contributed by atoms with Crippen molar-refractivity contribution >= 4 is 28.7 Å². The molecular weight excluding hydrogens is 526 g/mol. The Labute approximate surface area is 235 Å². The van der Waals surface area contributed by atoms with Crippen LogP contribution in [0.5, 0.6) is 11.5 Å². The van der Waals surface area contributed by atoms with Crippen molar-refractivity contribution in [3.8, 4) is 28.1 Å². The topological polar surface area (TPSA) is 113 Å². The van der Waals surface area contributed by atoms with Crippen LogP contribution in [0.15, 0.2) is 84.1 Å². The number of anilines is 1. The number of amides is 1. The Morgan fingerprint density at radius 2 is 1.82 bits per heavy atom. The van der Waals surface area contributed by atoms with E-state index in [0.29, 0.717) is 50.5 Å². The van der Waals surface area contributed by atoms with Gasteiger partial charge in [0.15, 0.2) is 17.3 Å². The second-order valence-electron chi connectivity index (χ2n) is 8.97. The van der Waals surface area contributed by atoms with Crippen LogP contribution in [0.2, 0.25) is 0 Å². The van der Waals surface area contributed by atoms with Gasteiger partial charge in [-0.05, 0) is 55.8 Å². The molecule has 5 rings (SSSR count). The molecule has 0 saturated heterocycles. The number of rotatable bonds is 8. The first-order valence-corrected chi connectivity index (χ1v) is 13.3. The standard InChI is InChI=1S/C31H25N3O5S/c1-4-39-24-16-21(12-15-23(24)38-3)26-25(28(36)31(37)34(26)22-13-10-19(17-32)11-14-22)27(35)29-18(2)33-30(40-29)20-8-6-5-7-9-20/h5-16,26,36H,4H2,1-3H3. The van der Waals surface area contributed by atoms with E-state index in [0.717, 1.165) is 5.56 Å². The predicted molar refractivity (Wildman–Crippen MR) is 152 cm³/mol. The molecule has 1 unspecified atom stereocenters. The van der Waals surface area contributed by atoms with Gasteiger partial charge < -0.3 is 14.6 Å². The lowest BCUT2D eigenvalue weighted by Gasteiger charge is -2.27. The van der Waals surface area contributed by atoms with Crippen LogP contribution < -0.4 is 14.4 Å². The number of benzene rings is 3. The third kappa shape index (κ3) is 4.70. The number of aryl methyl sites for hydroxylation is 1. The van der Waals surface area contributed by atoms with Crippen molar-refractivity contribution in [1.29, 1.82) is 5.26 Å². The second kappa shape index (κ2) is 11.0. The molecule has 3 aromatic carbocycles. The third-order valence-corrected chi connectivity index (χ3v) is 7.76. The third-order valence-electron chi connectivity index (χ3n) is 6.55. The van der Waals surface area contributed by atoms with Gasteiger partial charge in [-0.25, -0.2) is 4.98 Å². The number of aliphatic hydroxyl groups excluding tert-OH is 1. The summed E-state index contributed by atoms with van der Waals surface area (Å²) >= 11 is 1.21. The number of nitrogens with zero attached hydrogens (tertiary/aromatic N) is 3. The molecular formula is C31H25N3O5S. The zero-order valence-corrected chi connectivity index (χ0v) is 22.9. The minimum Gasteiger partial charge on any atom is -0.503 e. The van der Waals surface area contributed by atoms with Gasteiger partial charge in [-0.3, -0.25) is 14.5 Å². The number of hydrogen-bond donors (Lipinski definition) is 1. The summed E-state index contributed by atoms with van der Waals surface area (Å²) in [5.41, 5.74) is 2.68. The fourth-order valence-corrected chi connectivity index (χ4v) is 5.71. The summed E-state index contributed by atoms with van der Waals surface area (Å²) in [7, 11) is 1.53. The summed E-state index contributed by atoms with van der Waals surface area (Å²) in [5.74, 6) is -0.919. The molecule has 200 valence electrons. The lowest BCUT2D eigenvalue weighted by atomic mass is 9.94. The highest BCUT2D eigenvalue weighted by molar-refractivity contribution is 7.17. The van der Waals surface area contributed by atoms with Crippen molar-refractivity contribution in [2.24, 2.45) is 0 Å². The average Bonchev–Trinajstić information content (AvgIpc) is 3.50. The quantitative estimate of drug-likeness (QED) is 0.260. The van der Waals surface area contributed by atoms with Gasteiger partial charge in [0.2, 0.25) is 5.78 Å². The molecule has 1 atom stereocenters. The fourth-order valence-electron chi connectivity index (χ4n) is 4.68. The summed E-state index contributed by atoms with van der Waals surface area (Å²) in [6.45, 7) is 3.95. The van der Waals surface area contributed by atoms with Crippen LogP contribution in [0.25, 0.3) is 10.6 Å². The van der Waals surface area contributed by atoms with Crippen LogP contribution in [-0.4, -0.2) is 35.5 Å². The number of hydrogen-bond acceptors (Lipinski definition) is 8. The number of ketones is 1. The number of methoxy groups -OCH3 is 1. The Morgan fingerprint density at radius 3 is 2.48 bits per heavy atom. The molecule has 1 aromatic heterocycles. The van der Waals surface area contributed by atoms with Crippen molar-refractivity contribution in [1.82, 2.24) is 4.98 Å². The van der Waals surface area contributed by atoms with Gasteiger partial charge in [0.25, 0.3) is 5.91 Å². The molecule has 40 heavy (non-hydrogen) atoms. The van der Waals surface area contributed by atoms with E-state index >= 15 is 0 Å². The van der Waals surface area contributed by atoms with Crippen LogP contribution in [-0.2, 0) is 4.79 Å². The summed E-state index contributed by atoms with van der Waals surface area (Å²) < 4.78 is 11.2. The summed E-state index contributed by atoms with van der Waals surface area (Å²) in [4.78, 5) is 34.0. The van der Waals surface area contributed by atoms with Gasteiger partial charge in [-0.1, -0.05) is 36.4 Å². The van der Waals surface area contributed by atoms with Crippen LogP contribution in [0.1, 0.15) is 39.5 Å². The van der Waals surface area contributed by atoms with Crippen LogP contribution in [0, 0.1) is 18.3 Å². The highest BCUT2D eigenvalue weighted by Crippen LogP contribution is 2.45. The number of aromatic nitrogens is 1. The molecule has 0 bridgehead atoms. The summed E-state index contributed by atoms with van der Waals surface area (Å²) in [6, 6.07) is 22.1. The normalized spacial score (nSPS) is 14.8. The van der Waals surface area contributed by atoms with E-state index in [1.54, 1.807) is 49.4 Å². The van der Waals surface area contributed by atoms with E-state index < -0.39 is 23.5 Å². The van der Waals surface area contributed by atoms with Crippen LogP contribution in [0.3, 0.4) is 0 Å². The van der Waals surface area contributed by atoms with Crippen molar-refractivity contribution in [2.75, 3.05) is 18.6 Å². The first-order valence-electron chi connectivity index (χ1n) is 12.5. The molecule has 1 aliphatic rings. The number of carbonyl (C=O) groups is 2. The molecule has 0 saturated carbocycles. The fraction of sp³-hybridized carbons (Fsp3) is 0.161. The Bertz CT molecular complexity index is 1670. The molecule has 0 spiro atoms. The smallest absolute Gasteiger partial charge is 0.294 e. The number of thiazole rings is 1. The van der Waals surface area contributed by atoms with Gasteiger partial charge in [0.1, 0.15) is 5.01 Å². The molecule has 4 aromatic rings. The number of carbonyl (C=O) groups excluding carboxylic acids is 2. The van der Waals surface area contributed by atoms with Gasteiger partial charge in [0.05, 0.1) is 47.5 Å². The highest BCUT2D eigenvalue weighted by Gasteiger charge is 2.45. The molecule has 1 aliphatic heterocycles. The van der Waals surface area contributed by atoms with Crippen molar-refractivity contribution < 1.29 is 24.2 Å². The average molecular weight is 552 g/mol. The molecule has 8 nitrogen and oxygen atoms in total. The molecule has 0 aliphatic carbocycles. The molecule has 0 radical (unpaired) electrons. The zero-order chi connectivity index (χ0) is 28.4. The molecule has 0 fully saturated rings. The van der Waals surface area contributed by atoms with E-state index in [-0.39, 0.29) is 5.57 Å². The lowest BCUT2D eigenvalue weighted by molar-refractivity contribution is -0.117. The van der Waals surface area contributed by atoms with E-state index in [9.17, 15) is 20.0 Å². The number of Topliss-reactive ketones (excluding diaryl/α,β-unsaturated/α-hetero) is 1. The van der Waals surface area contributed by atoms with E-state index in [2.05, 4.69) is 11.1 Å². The maximum atomic E-state index is 14.1. The summed E-state index contributed by atoms with van der Waals surface area (Å²) in [6.07, 6.45) is 0. The molecule has 1 amide bonds. The van der Waals surface area contributed by atoms with Gasteiger partial charge in [0, 0.05) is 11.3 Å². The first-order chi connectivity index (χ1) is 19.4. The monoisotopic (exact) mass is 551 g/mol. The Hall–Kier alpha value is -4.94. The Balaban J connectivity index is 1.66. The van der Waals surface area contributed by atoms with Crippen molar-refractivity contribution in [3.63, 3.8) is 0 Å². The second-order valence-corrected chi connectivity index (χ2v) is 9.97. The summed E-state index contributed by atoms with van der Waals surface area (Å²) in [5, 5.41) is 21.1. The van der Waals surface area contributed by atoms with E-state index in [4.69, 9.17) is 9.47 Å². The number of nitriles is 1. The number of ether oxygens (including phenoxy) is 2. The van der Waals surface area contributed by atoms with Crippen LogP contribution in [0.4, 0.5) is 5.69 Å². The molecule has 2 heterocycles. The largest absolute Gasteiger partial charge is 0.503 e. The lowest BCUT2D eigenvalue weighted by Crippen LogP contribution is -2.31. The molecule has 9 heteroatoms. The molecule has 1 N–H and O–H groups in total. The van der Waals surface area contributed by atoms with Crippen LogP contribution >= 0.6 is 11.3 Å². The number of aliphatic hydroxyl groups is 1. The maximum Gasteiger partial charge on any atom is 0.294 e. The predicted octanol–water partition coefficient (Wildman–Crippen LogP) is 6.18. The van der Waals surface area contributed by atoms with Gasteiger partial charge in [-0.2, -0.15) is 5.26 Å². The highest BCUT2D eigenvalue weighted by atomic mass is 32.1. The minimum absolute atomic E-state index is 0.0617. The van der Waals surface area contributed by atoms with E-state index in [1.807, 2.05) is 37.3 Å². The van der Waals surface area contributed by atoms with Gasteiger partial charge in [-0.15, -0.1) is 11.3 Å². The Morgan fingerprint density at radius 1 is 1.10 bits per heavy atom.